The van der Waals surface area contributed by atoms with Crippen molar-refractivity contribution in [3.05, 3.63) is 52.5 Å². The quantitative estimate of drug-likeness (QED) is 0.783. The van der Waals surface area contributed by atoms with E-state index >= 15 is 0 Å². The number of anilines is 2. The molecule has 4 heteroatoms. The summed E-state index contributed by atoms with van der Waals surface area (Å²) in [5, 5.41) is 0. The molecular weight excluding hydrogens is 328 g/mol. The second-order valence-corrected chi connectivity index (χ2v) is 5.94. The minimum Gasteiger partial charge on any atom is -0.491 e. The molecule has 0 fully saturated rings. The van der Waals surface area contributed by atoms with Crippen LogP contribution in [0, 0.1) is 0 Å². The monoisotopic (exact) mass is 348 g/mol. The summed E-state index contributed by atoms with van der Waals surface area (Å²) in [5.41, 5.74) is 9.15. The van der Waals surface area contributed by atoms with E-state index < -0.39 is 0 Å². The van der Waals surface area contributed by atoms with Crippen molar-refractivity contribution in [2.24, 2.45) is 0 Å². The van der Waals surface area contributed by atoms with Crippen LogP contribution in [0.3, 0.4) is 0 Å². The molecule has 3 nitrogen and oxygen atoms in total. The summed E-state index contributed by atoms with van der Waals surface area (Å²) in [6, 6.07) is 14.2. The van der Waals surface area contributed by atoms with Crippen LogP contribution in [-0.4, -0.2) is 13.7 Å². The highest BCUT2D eigenvalue weighted by molar-refractivity contribution is 9.10. The molecule has 0 aliphatic carbocycles. The number of ether oxygens (including phenoxy) is 1. The van der Waals surface area contributed by atoms with Crippen LogP contribution >= 0.6 is 15.9 Å². The van der Waals surface area contributed by atoms with Crippen molar-refractivity contribution in [2.45, 2.75) is 19.9 Å². The third kappa shape index (κ3) is 4.14. The van der Waals surface area contributed by atoms with Crippen molar-refractivity contribution in [2.75, 3.05) is 24.3 Å². The van der Waals surface area contributed by atoms with E-state index in [1.165, 1.54) is 5.56 Å². The number of halogens is 1. The molecule has 0 bridgehead atoms. The number of benzene rings is 2. The van der Waals surface area contributed by atoms with Crippen LogP contribution in [0.1, 0.15) is 18.9 Å². The Bertz CT molecular complexity index is 601. The SMILES string of the molecule is CCCOc1cccc(N(C)Cc2cccc(Br)c2)c1N. The summed E-state index contributed by atoms with van der Waals surface area (Å²) >= 11 is 3.50. The predicted molar refractivity (Wildman–Crippen MR) is 92.9 cm³/mol. The van der Waals surface area contributed by atoms with Crippen molar-refractivity contribution in [1.82, 2.24) is 0 Å². The van der Waals surface area contributed by atoms with Crippen LogP contribution in [0.15, 0.2) is 46.9 Å². The maximum absolute atomic E-state index is 6.23. The van der Waals surface area contributed by atoms with Gasteiger partial charge in [0.2, 0.25) is 0 Å². The maximum atomic E-state index is 6.23. The Morgan fingerprint density at radius 2 is 1.95 bits per heavy atom. The van der Waals surface area contributed by atoms with E-state index in [2.05, 4.69) is 39.9 Å². The maximum Gasteiger partial charge on any atom is 0.144 e. The summed E-state index contributed by atoms with van der Waals surface area (Å²) in [4.78, 5) is 2.13. The van der Waals surface area contributed by atoms with Crippen molar-refractivity contribution >= 4 is 27.3 Å². The standard InChI is InChI=1S/C17H21BrN2O/c1-3-10-21-16-9-5-8-15(17(16)19)20(2)12-13-6-4-7-14(18)11-13/h4-9,11H,3,10,12,19H2,1-2H3. The molecule has 2 rings (SSSR count). The average molecular weight is 349 g/mol. The van der Waals surface area contributed by atoms with Crippen molar-refractivity contribution < 1.29 is 4.74 Å². The lowest BCUT2D eigenvalue weighted by Gasteiger charge is -2.22. The highest BCUT2D eigenvalue weighted by Crippen LogP contribution is 2.32. The second kappa shape index (κ2) is 7.36. The topological polar surface area (TPSA) is 38.5 Å². The van der Waals surface area contributed by atoms with E-state index in [0.29, 0.717) is 12.3 Å². The number of hydrogen-bond donors (Lipinski definition) is 1. The number of nitrogens with two attached hydrogens (primary N) is 1. The molecule has 0 aliphatic rings. The van der Waals surface area contributed by atoms with Crippen LogP contribution in [-0.2, 0) is 6.54 Å². The van der Waals surface area contributed by atoms with Crippen LogP contribution in [0.4, 0.5) is 11.4 Å². The van der Waals surface area contributed by atoms with Gasteiger partial charge in [0.25, 0.3) is 0 Å². The van der Waals surface area contributed by atoms with Gasteiger partial charge in [-0.05, 0) is 36.2 Å². The summed E-state index contributed by atoms with van der Waals surface area (Å²) in [5.74, 6) is 0.760. The molecule has 0 heterocycles. The molecular formula is C17H21BrN2O. The lowest BCUT2D eigenvalue weighted by Crippen LogP contribution is -2.18. The smallest absolute Gasteiger partial charge is 0.144 e. The lowest BCUT2D eigenvalue weighted by atomic mass is 10.2. The van der Waals surface area contributed by atoms with Gasteiger partial charge < -0.3 is 15.4 Å². The van der Waals surface area contributed by atoms with Gasteiger partial charge in [-0.1, -0.05) is 41.1 Å². The average Bonchev–Trinajstić information content (AvgIpc) is 2.46. The molecule has 0 radical (unpaired) electrons. The molecule has 0 atom stereocenters. The highest BCUT2D eigenvalue weighted by atomic mass is 79.9. The third-order valence-electron chi connectivity index (χ3n) is 3.22. The summed E-state index contributed by atoms with van der Waals surface area (Å²) in [6.07, 6.45) is 0.970. The molecule has 112 valence electrons. The van der Waals surface area contributed by atoms with Gasteiger partial charge in [0.1, 0.15) is 5.75 Å². The molecule has 0 unspecified atom stereocenters. The van der Waals surface area contributed by atoms with Gasteiger partial charge in [0.15, 0.2) is 0 Å². The van der Waals surface area contributed by atoms with Gasteiger partial charge in [-0.2, -0.15) is 0 Å². The number of hydrogen-bond acceptors (Lipinski definition) is 3. The van der Waals surface area contributed by atoms with Crippen LogP contribution < -0.4 is 15.4 Å². The van der Waals surface area contributed by atoms with Gasteiger partial charge in [-0.15, -0.1) is 0 Å². The molecule has 2 aromatic carbocycles. The Kier molecular flexibility index (Phi) is 5.51. The fourth-order valence-corrected chi connectivity index (χ4v) is 2.64. The van der Waals surface area contributed by atoms with Gasteiger partial charge in [-0.25, -0.2) is 0 Å². The summed E-state index contributed by atoms with van der Waals surface area (Å²) < 4.78 is 6.77. The molecule has 21 heavy (non-hydrogen) atoms. The lowest BCUT2D eigenvalue weighted by molar-refractivity contribution is 0.319. The van der Waals surface area contributed by atoms with E-state index in [0.717, 1.165) is 28.9 Å². The summed E-state index contributed by atoms with van der Waals surface area (Å²) in [7, 11) is 2.04. The second-order valence-electron chi connectivity index (χ2n) is 5.02. The van der Waals surface area contributed by atoms with E-state index in [4.69, 9.17) is 10.5 Å². The van der Waals surface area contributed by atoms with Crippen molar-refractivity contribution in [3.8, 4) is 5.75 Å². The molecule has 0 spiro atoms. The van der Waals surface area contributed by atoms with E-state index in [1.54, 1.807) is 0 Å². The Hall–Kier alpha value is -1.68. The molecule has 0 amide bonds. The predicted octanol–water partition coefficient (Wildman–Crippen LogP) is 4.46. The van der Waals surface area contributed by atoms with Crippen molar-refractivity contribution in [3.63, 3.8) is 0 Å². The molecule has 2 N–H and O–H groups in total. The van der Waals surface area contributed by atoms with Gasteiger partial charge >= 0.3 is 0 Å². The normalized spacial score (nSPS) is 10.4. The van der Waals surface area contributed by atoms with E-state index in [9.17, 15) is 0 Å². The molecule has 0 saturated carbocycles. The fraction of sp³-hybridized carbons (Fsp3) is 0.294. The Morgan fingerprint density at radius 1 is 1.19 bits per heavy atom. The van der Waals surface area contributed by atoms with E-state index in [1.807, 2.05) is 37.4 Å². The van der Waals surface area contributed by atoms with E-state index in [-0.39, 0.29) is 0 Å². The minimum absolute atomic E-state index is 0.684. The first-order valence-corrected chi connectivity index (χ1v) is 7.88. The Morgan fingerprint density at radius 3 is 2.67 bits per heavy atom. The Balaban J connectivity index is 2.17. The number of rotatable bonds is 6. The minimum atomic E-state index is 0.684. The zero-order valence-corrected chi connectivity index (χ0v) is 14.1. The first kappa shape index (κ1) is 15.7. The van der Waals surface area contributed by atoms with Gasteiger partial charge in [0, 0.05) is 18.1 Å². The molecule has 2 aromatic rings. The van der Waals surface area contributed by atoms with Crippen LogP contribution in [0.2, 0.25) is 0 Å². The number of nitrogen functional groups attached to an aromatic ring is 1. The van der Waals surface area contributed by atoms with Gasteiger partial charge in [0.05, 0.1) is 18.0 Å². The zero-order chi connectivity index (χ0) is 15.2. The first-order chi connectivity index (χ1) is 10.1. The molecule has 0 saturated heterocycles. The zero-order valence-electron chi connectivity index (χ0n) is 12.5. The highest BCUT2D eigenvalue weighted by Gasteiger charge is 2.10. The fourth-order valence-electron chi connectivity index (χ4n) is 2.20. The molecule has 0 aliphatic heterocycles. The van der Waals surface area contributed by atoms with Crippen LogP contribution in [0.25, 0.3) is 0 Å². The molecule has 0 aromatic heterocycles. The third-order valence-corrected chi connectivity index (χ3v) is 3.72. The largest absolute Gasteiger partial charge is 0.491 e. The number of para-hydroxylation sites is 1. The van der Waals surface area contributed by atoms with Crippen LogP contribution in [0.5, 0.6) is 5.75 Å². The van der Waals surface area contributed by atoms with Crippen molar-refractivity contribution in [1.29, 1.82) is 0 Å². The first-order valence-electron chi connectivity index (χ1n) is 7.08. The Labute approximate surface area is 134 Å². The van der Waals surface area contributed by atoms with Gasteiger partial charge in [-0.3, -0.25) is 0 Å². The number of nitrogens with zero attached hydrogens (tertiary/aromatic N) is 1. The summed E-state index contributed by atoms with van der Waals surface area (Å²) in [6.45, 7) is 3.56.